The van der Waals surface area contributed by atoms with E-state index in [1.807, 2.05) is 0 Å². The normalized spacial score (nSPS) is 30.8. The summed E-state index contributed by atoms with van der Waals surface area (Å²) in [6.07, 6.45) is 2.27. The van der Waals surface area contributed by atoms with Gasteiger partial charge in [-0.3, -0.25) is 4.99 Å². The second-order valence-electron chi connectivity index (χ2n) is 6.39. The van der Waals surface area contributed by atoms with E-state index in [1.54, 1.807) is 0 Å². The van der Waals surface area contributed by atoms with E-state index < -0.39 is 0 Å². The van der Waals surface area contributed by atoms with Crippen LogP contribution in [0.25, 0.3) is 0 Å². The Balaban J connectivity index is 1.90. The average Bonchev–Trinajstić information content (AvgIpc) is 3.06. The first-order chi connectivity index (χ1) is 9.63. The molecule has 5 heteroatoms. The molecule has 0 amide bonds. The smallest absolute Gasteiger partial charge is 0.193 e. The summed E-state index contributed by atoms with van der Waals surface area (Å²) in [6.45, 7) is 10.6. The molecule has 2 heterocycles. The van der Waals surface area contributed by atoms with Crippen LogP contribution in [0, 0.1) is 11.3 Å². The Morgan fingerprint density at radius 1 is 1.40 bits per heavy atom. The lowest BCUT2D eigenvalue weighted by atomic mass is 9.90. The molecule has 0 aromatic carbocycles. The molecule has 0 aliphatic carbocycles. The molecule has 2 rings (SSSR count). The molecular formula is C15H29N3O2. The lowest BCUT2D eigenvalue weighted by Gasteiger charge is -2.26. The van der Waals surface area contributed by atoms with Gasteiger partial charge in [0.15, 0.2) is 5.96 Å². The van der Waals surface area contributed by atoms with E-state index in [0.29, 0.717) is 5.92 Å². The maximum atomic E-state index is 5.50. The molecule has 2 atom stereocenters. The number of guanidine groups is 1. The Kier molecular flexibility index (Phi) is 5.66. The highest BCUT2D eigenvalue weighted by atomic mass is 16.5. The summed E-state index contributed by atoms with van der Waals surface area (Å²) >= 11 is 0. The van der Waals surface area contributed by atoms with E-state index in [1.165, 1.54) is 0 Å². The first-order valence-corrected chi connectivity index (χ1v) is 7.78. The van der Waals surface area contributed by atoms with Gasteiger partial charge in [-0.1, -0.05) is 6.92 Å². The highest BCUT2D eigenvalue weighted by Crippen LogP contribution is 2.27. The van der Waals surface area contributed by atoms with Gasteiger partial charge in [0.2, 0.25) is 0 Å². The zero-order chi connectivity index (χ0) is 14.4. The molecule has 0 radical (unpaired) electrons. The van der Waals surface area contributed by atoms with E-state index in [2.05, 4.69) is 31.1 Å². The fourth-order valence-electron chi connectivity index (χ4n) is 2.77. The van der Waals surface area contributed by atoms with Gasteiger partial charge in [-0.05, 0) is 19.8 Å². The van der Waals surface area contributed by atoms with Gasteiger partial charge in [0.05, 0.1) is 19.8 Å². The minimum atomic E-state index is 0.206. The lowest BCUT2D eigenvalue weighted by molar-refractivity contribution is 0.162. The third-order valence-electron chi connectivity index (χ3n) is 4.16. The monoisotopic (exact) mass is 283 g/mol. The van der Waals surface area contributed by atoms with Crippen LogP contribution in [0.4, 0.5) is 0 Å². The molecule has 2 saturated heterocycles. The van der Waals surface area contributed by atoms with E-state index in [-0.39, 0.29) is 5.41 Å². The van der Waals surface area contributed by atoms with Crippen molar-refractivity contribution in [3.05, 3.63) is 0 Å². The largest absolute Gasteiger partial charge is 0.381 e. The number of hydrogen-bond donors (Lipinski definition) is 1. The Morgan fingerprint density at radius 3 is 2.85 bits per heavy atom. The first-order valence-electron chi connectivity index (χ1n) is 7.78. The molecule has 0 bridgehead atoms. The van der Waals surface area contributed by atoms with E-state index in [9.17, 15) is 0 Å². The van der Waals surface area contributed by atoms with Crippen molar-refractivity contribution in [3.63, 3.8) is 0 Å². The number of nitrogens with one attached hydrogen (secondary N) is 1. The Hall–Kier alpha value is -0.810. The van der Waals surface area contributed by atoms with Crippen molar-refractivity contribution < 1.29 is 9.47 Å². The van der Waals surface area contributed by atoms with Gasteiger partial charge in [-0.25, -0.2) is 0 Å². The van der Waals surface area contributed by atoms with Crippen molar-refractivity contribution in [1.82, 2.24) is 10.2 Å². The minimum absolute atomic E-state index is 0.206. The third kappa shape index (κ3) is 4.35. The summed E-state index contributed by atoms with van der Waals surface area (Å²) < 4.78 is 11.0. The molecule has 0 aromatic heterocycles. The second-order valence-corrected chi connectivity index (χ2v) is 6.39. The Bertz CT molecular complexity index is 321. The van der Waals surface area contributed by atoms with Crippen LogP contribution in [-0.4, -0.2) is 64.0 Å². The standard InChI is InChI=1S/C15H29N3O2/c1-4-16-14(17-11-15(2)6-8-20-12-15)18(3)9-13-5-7-19-10-13/h13H,4-12H2,1-3H3,(H,16,17). The van der Waals surface area contributed by atoms with Crippen molar-refractivity contribution in [1.29, 1.82) is 0 Å². The second kappa shape index (κ2) is 7.27. The van der Waals surface area contributed by atoms with Crippen LogP contribution in [0.3, 0.4) is 0 Å². The summed E-state index contributed by atoms with van der Waals surface area (Å²) in [4.78, 5) is 7.06. The molecule has 2 fully saturated rings. The van der Waals surface area contributed by atoms with E-state index >= 15 is 0 Å². The van der Waals surface area contributed by atoms with Crippen molar-refractivity contribution in [3.8, 4) is 0 Å². The third-order valence-corrected chi connectivity index (χ3v) is 4.16. The Morgan fingerprint density at radius 2 is 2.25 bits per heavy atom. The SMILES string of the molecule is CCNC(=NCC1(C)CCOC1)N(C)CC1CCOC1. The summed E-state index contributed by atoms with van der Waals surface area (Å²) in [6, 6.07) is 0. The van der Waals surface area contributed by atoms with Gasteiger partial charge in [0.25, 0.3) is 0 Å². The van der Waals surface area contributed by atoms with Crippen LogP contribution in [0.5, 0.6) is 0 Å². The highest BCUT2D eigenvalue weighted by molar-refractivity contribution is 5.79. The van der Waals surface area contributed by atoms with Crippen molar-refractivity contribution in [2.75, 3.05) is 53.1 Å². The molecule has 2 aliphatic heterocycles. The quantitative estimate of drug-likeness (QED) is 0.611. The van der Waals surface area contributed by atoms with Crippen LogP contribution >= 0.6 is 0 Å². The van der Waals surface area contributed by atoms with Gasteiger partial charge in [-0.2, -0.15) is 0 Å². The maximum Gasteiger partial charge on any atom is 0.193 e. The summed E-state index contributed by atoms with van der Waals surface area (Å²) in [5, 5.41) is 3.39. The molecule has 0 spiro atoms. The number of nitrogens with zero attached hydrogens (tertiary/aromatic N) is 2. The zero-order valence-corrected chi connectivity index (χ0v) is 13.2. The molecule has 0 saturated carbocycles. The molecule has 2 aliphatic rings. The van der Waals surface area contributed by atoms with Crippen molar-refractivity contribution in [2.45, 2.75) is 26.7 Å². The first kappa shape index (κ1) is 15.6. The fourth-order valence-corrected chi connectivity index (χ4v) is 2.77. The zero-order valence-electron chi connectivity index (χ0n) is 13.2. The molecule has 1 N–H and O–H groups in total. The fraction of sp³-hybridized carbons (Fsp3) is 0.933. The Labute approximate surface area is 122 Å². The van der Waals surface area contributed by atoms with E-state index in [4.69, 9.17) is 14.5 Å². The highest BCUT2D eigenvalue weighted by Gasteiger charge is 2.29. The topological polar surface area (TPSA) is 46.1 Å². The molecule has 5 nitrogen and oxygen atoms in total. The van der Waals surface area contributed by atoms with Crippen molar-refractivity contribution >= 4 is 5.96 Å². The van der Waals surface area contributed by atoms with Gasteiger partial charge in [-0.15, -0.1) is 0 Å². The van der Waals surface area contributed by atoms with Gasteiger partial charge in [0.1, 0.15) is 0 Å². The molecule has 0 aromatic rings. The number of rotatable bonds is 5. The lowest BCUT2D eigenvalue weighted by Crippen LogP contribution is -2.42. The molecular weight excluding hydrogens is 254 g/mol. The van der Waals surface area contributed by atoms with Crippen LogP contribution in [0.1, 0.15) is 26.7 Å². The van der Waals surface area contributed by atoms with Gasteiger partial charge >= 0.3 is 0 Å². The summed E-state index contributed by atoms with van der Waals surface area (Å²) in [5.41, 5.74) is 0.206. The summed E-state index contributed by atoms with van der Waals surface area (Å²) in [5.74, 6) is 1.64. The maximum absolute atomic E-state index is 5.50. The van der Waals surface area contributed by atoms with Crippen LogP contribution < -0.4 is 5.32 Å². The van der Waals surface area contributed by atoms with Crippen LogP contribution in [0.2, 0.25) is 0 Å². The minimum Gasteiger partial charge on any atom is -0.381 e. The average molecular weight is 283 g/mol. The number of hydrogen-bond acceptors (Lipinski definition) is 3. The van der Waals surface area contributed by atoms with Crippen LogP contribution in [-0.2, 0) is 9.47 Å². The van der Waals surface area contributed by atoms with Crippen LogP contribution in [0.15, 0.2) is 4.99 Å². The number of ether oxygens (including phenoxy) is 2. The summed E-state index contributed by atoms with van der Waals surface area (Å²) in [7, 11) is 2.12. The predicted octanol–water partition coefficient (Wildman–Crippen LogP) is 1.35. The predicted molar refractivity (Wildman–Crippen MR) is 81.1 cm³/mol. The van der Waals surface area contributed by atoms with Crippen molar-refractivity contribution in [2.24, 2.45) is 16.3 Å². The molecule has 20 heavy (non-hydrogen) atoms. The molecule has 116 valence electrons. The number of aliphatic imine (C=N–C) groups is 1. The molecule has 2 unspecified atom stereocenters. The van der Waals surface area contributed by atoms with E-state index in [0.717, 1.165) is 64.9 Å². The van der Waals surface area contributed by atoms with Gasteiger partial charge in [0, 0.05) is 44.7 Å². The van der Waals surface area contributed by atoms with Gasteiger partial charge < -0.3 is 19.7 Å².